The zero-order valence-electron chi connectivity index (χ0n) is 14.7. The van der Waals surface area contributed by atoms with Crippen LogP contribution < -0.4 is 4.74 Å². The summed E-state index contributed by atoms with van der Waals surface area (Å²) in [5.41, 5.74) is 4.08. The SMILES string of the molecule is COc1ccc(C[C@@H]2CN(C(=O)CCc3scnc3C)CCO2)cc1. The van der Waals surface area contributed by atoms with Gasteiger partial charge in [-0.25, -0.2) is 4.98 Å². The van der Waals surface area contributed by atoms with E-state index in [9.17, 15) is 4.79 Å². The molecule has 0 unspecified atom stereocenters. The van der Waals surface area contributed by atoms with E-state index < -0.39 is 0 Å². The Morgan fingerprint density at radius 3 is 2.88 bits per heavy atom. The summed E-state index contributed by atoms with van der Waals surface area (Å²) in [6.07, 6.45) is 2.17. The van der Waals surface area contributed by atoms with Crippen LogP contribution in [0, 0.1) is 6.92 Å². The van der Waals surface area contributed by atoms with Crippen molar-refractivity contribution in [3.05, 3.63) is 45.9 Å². The summed E-state index contributed by atoms with van der Waals surface area (Å²) in [5, 5.41) is 0. The first-order valence-corrected chi connectivity index (χ1v) is 9.45. The largest absolute Gasteiger partial charge is 0.497 e. The smallest absolute Gasteiger partial charge is 0.223 e. The second-order valence-electron chi connectivity index (χ2n) is 6.25. The Kier molecular flexibility index (Phi) is 6.04. The van der Waals surface area contributed by atoms with Crippen molar-refractivity contribution in [2.24, 2.45) is 0 Å². The molecule has 1 aliphatic rings. The molecule has 0 N–H and O–H groups in total. The van der Waals surface area contributed by atoms with Crippen molar-refractivity contribution in [3.8, 4) is 5.75 Å². The molecule has 5 nitrogen and oxygen atoms in total. The number of amides is 1. The number of nitrogens with zero attached hydrogens (tertiary/aromatic N) is 2. The van der Waals surface area contributed by atoms with Crippen LogP contribution in [0.1, 0.15) is 22.6 Å². The second kappa shape index (κ2) is 8.45. The minimum atomic E-state index is 0.0521. The molecule has 1 saturated heterocycles. The van der Waals surface area contributed by atoms with Crippen molar-refractivity contribution >= 4 is 17.2 Å². The van der Waals surface area contributed by atoms with Gasteiger partial charge in [-0.3, -0.25) is 4.79 Å². The maximum atomic E-state index is 12.5. The maximum absolute atomic E-state index is 12.5. The second-order valence-corrected chi connectivity index (χ2v) is 7.19. The van der Waals surface area contributed by atoms with E-state index in [4.69, 9.17) is 9.47 Å². The van der Waals surface area contributed by atoms with Crippen LogP contribution in [0.2, 0.25) is 0 Å². The fourth-order valence-electron chi connectivity index (χ4n) is 3.04. The molecule has 1 aliphatic heterocycles. The third-order valence-electron chi connectivity index (χ3n) is 4.52. The molecule has 1 aromatic carbocycles. The molecule has 134 valence electrons. The molecule has 0 aliphatic carbocycles. The van der Waals surface area contributed by atoms with Crippen LogP contribution in [0.4, 0.5) is 0 Å². The van der Waals surface area contributed by atoms with Gasteiger partial charge in [-0.05, 0) is 31.0 Å². The summed E-state index contributed by atoms with van der Waals surface area (Å²) in [7, 11) is 1.66. The standard InChI is InChI=1S/C19H24N2O3S/c1-14-18(25-13-20-14)7-8-19(22)21-9-10-24-17(12-21)11-15-3-5-16(23-2)6-4-15/h3-6,13,17H,7-12H2,1-2H3/t17-/m1/s1. The van der Waals surface area contributed by atoms with E-state index in [0.29, 0.717) is 26.1 Å². The number of benzene rings is 1. The minimum absolute atomic E-state index is 0.0521. The highest BCUT2D eigenvalue weighted by atomic mass is 32.1. The van der Waals surface area contributed by atoms with Gasteiger partial charge in [-0.2, -0.15) is 0 Å². The molecular weight excluding hydrogens is 336 g/mol. The molecule has 0 bridgehead atoms. The normalized spacial score (nSPS) is 17.5. The number of thiazole rings is 1. The molecule has 1 amide bonds. The number of carbonyl (C=O) groups is 1. The number of aromatic nitrogens is 1. The van der Waals surface area contributed by atoms with E-state index >= 15 is 0 Å². The number of hydrogen-bond donors (Lipinski definition) is 0. The van der Waals surface area contributed by atoms with E-state index in [-0.39, 0.29) is 12.0 Å². The van der Waals surface area contributed by atoms with Gasteiger partial charge < -0.3 is 14.4 Å². The minimum Gasteiger partial charge on any atom is -0.497 e. The van der Waals surface area contributed by atoms with Gasteiger partial charge in [0.05, 0.1) is 31.0 Å². The molecule has 0 spiro atoms. The highest BCUT2D eigenvalue weighted by Crippen LogP contribution is 2.18. The zero-order chi connectivity index (χ0) is 17.6. The Labute approximate surface area is 152 Å². The van der Waals surface area contributed by atoms with Crippen molar-refractivity contribution in [2.75, 3.05) is 26.8 Å². The summed E-state index contributed by atoms with van der Waals surface area (Å²) in [6, 6.07) is 8.02. The van der Waals surface area contributed by atoms with Crippen molar-refractivity contribution in [3.63, 3.8) is 0 Å². The van der Waals surface area contributed by atoms with E-state index in [1.165, 1.54) is 10.4 Å². The monoisotopic (exact) mass is 360 g/mol. The Balaban J connectivity index is 1.51. The van der Waals surface area contributed by atoms with Gasteiger partial charge in [0.25, 0.3) is 0 Å². The Morgan fingerprint density at radius 1 is 1.40 bits per heavy atom. The molecule has 6 heteroatoms. The molecule has 0 saturated carbocycles. The van der Waals surface area contributed by atoms with Crippen LogP contribution in [0.25, 0.3) is 0 Å². The number of rotatable bonds is 6. The number of hydrogen-bond acceptors (Lipinski definition) is 5. The predicted octanol–water partition coefficient (Wildman–Crippen LogP) is 2.86. The number of morpholine rings is 1. The van der Waals surface area contributed by atoms with Gasteiger partial charge in [0.2, 0.25) is 5.91 Å². The zero-order valence-corrected chi connectivity index (χ0v) is 15.6. The molecule has 2 heterocycles. The first-order chi connectivity index (χ1) is 12.2. The topological polar surface area (TPSA) is 51.7 Å². The first-order valence-electron chi connectivity index (χ1n) is 8.57. The van der Waals surface area contributed by atoms with Crippen LogP contribution in [0.5, 0.6) is 5.75 Å². The number of methoxy groups -OCH3 is 1. The Morgan fingerprint density at radius 2 is 2.20 bits per heavy atom. The van der Waals surface area contributed by atoms with Gasteiger partial charge in [0.15, 0.2) is 0 Å². The first kappa shape index (κ1) is 17.9. The van der Waals surface area contributed by atoms with Crippen molar-refractivity contribution in [1.82, 2.24) is 9.88 Å². The third-order valence-corrected chi connectivity index (χ3v) is 5.52. The summed E-state index contributed by atoms with van der Waals surface area (Å²) >= 11 is 1.63. The number of ether oxygens (including phenoxy) is 2. The van der Waals surface area contributed by atoms with E-state index in [1.807, 2.05) is 29.5 Å². The van der Waals surface area contributed by atoms with E-state index in [1.54, 1.807) is 18.4 Å². The van der Waals surface area contributed by atoms with Gasteiger partial charge in [0, 0.05) is 30.8 Å². The Hall–Kier alpha value is -1.92. The van der Waals surface area contributed by atoms with Crippen LogP contribution in [0.3, 0.4) is 0 Å². The summed E-state index contributed by atoms with van der Waals surface area (Å²) in [5.74, 6) is 1.05. The van der Waals surface area contributed by atoms with E-state index in [0.717, 1.165) is 24.3 Å². The lowest BCUT2D eigenvalue weighted by Crippen LogP contribution is -2.46. The molecule has 1 aromatic heterocycles. The van der Waals surface area contributed by atoms with Gasteiger partial charge in [-0.15, -0.1) is 11.3 Å². The molecule has 1 atom stereocenters. The fourth-order valence-corrected chi connectivity index (χ4v) is 3.82. The van der Waals surface area contributed by atoms with Crippen molar-refractivity contribution < 1.29 is 14.3 Å². The molecule has 2 aromatic rings. The molecule has 0 radical (unpaired) electrons. The molecule has 1 fully saturated rings. The van der Waals surface area contributed by atoms with Crippen molar-refractivity contribution in [2.45, 2.75) is 32.3 Å². The number of aryl methyl sites for hydroxylation is 2. The van der Waals surface area contributed by atoms with Gasteiger partial charge >= 0.3 is 0 Å². The highest BCUT2D eigenvalue weighted by molar-refractivity contribution is 7.09. The molecular formula is C19H24N2O3S. The average Bonchev–Trinajstić information content (AvgIpc) is 3.05. The lowest BCUT2D eigenvalue weighted by molar-refractivity contribution is -0.138. The highest BCUT2D eigenvalue weighted by Gasteiger charge is 2.24. The van der Waals surface area contributed by atoms with Gasteiger partial charge in [-0.1, -0.05) is 12.1 Å². The summed E-state index contributed by atoms with van der Waals surface area (Å²) in [6.45, 7) is 3.94. The predicted molar refractivity (Wildman–Crippen MR) is 98.2 cm³/mol. The number of carbonyl (C=O) groups excluding carboxylic acids is 1. The fraction of sp³-hybridized carbons (Fsp3) is 0.474. The van der Waals surface area contributed by atoms with Crippen LogP contribution in [-0.4, -0.2) is 48.7 Å². The lowest BCUT2D eigenvalue weighted by atomic mass is 10.1. The van der Waals surface area contributed by atoms with Gasteiger partial charge in [0.1, 0.15) is 5.75 Å². The maximum Gasteiger partial charge on any atom is 0.223 e. The van der Waals surface area contributed by atoms with Crippen LogP contribution >= 0.6 is 11.3 Å². The summed E-state index contributed by atoms with van der Waals surface area (Å²) in [4.78, 5) is 19.9. The average molecular weight is 360 g/mol. The summed E-state index contributed by atoms with van der Waals surface area (Å²) < 4.78 is 11.0. The van der Waals surface area contributed by atoms with Crippen molar-refractivity contribution in [1.29, 1.82) is 0 Å². The molecule has 3 rings (SSSR count). The Bertz CT molecular complexity index is 699. The lowest BCUT2D eigenvalue weighted by Gasteiger charge is -2.33. The quantitative estimate of drug-likeness (QED) is 0.795. The van der Waals surface area contributed by atoms with Crippen LogP contribution in [-0.2, 0) is 22.4 Å². The third kappa shape index (κ3) is 4.80. The molecule has 25 heavy (non-hydrogen) atoms. The van der Waals surface area contributed by atoms with E-state index in [2.05, 4.69) is 17.1 Å². The van der Waals surface area contributed by atoms with Crippen LogP contribution in [0.15, 0.2) is 29.8 Å².